The number of carbonyl (C=O) groups is 3. The fourth-order valence-corrected chi connectivity index (χ4v) is 5.05. The first kappa shape index (κ1) is 23.6. The van der Waals surface area contributed by atoms with Crippen LogP contribution in [0.5, 0.6) is 0 Å². The molecular weight excluding hydrogens is 452 g/mol. The highest BCUT2D eigenvalue weighted by molar-refractivity contribution is 6.05. The first-order valence-corrected chi connectivity index (χ1v) is 12.4. The van der Waals surface area contributed by atoms with Crippen LogP contribution in [-0.4, -0.2) is 48.8 Å². The second kappa shape index (κ2) is 10.6. The molecule has 0 unspecified atom stereocenters. The normalized spacial score (nSPS) is 18.7. The van der Waals surface area contributed by atoms with Gasteiger partial charge in [-0.3, -0.25) is 14.4 Å². The summed E-state index contributed by atoms with van der Waals surface area (Å²) in [5, 5.41) is 5.72. The summed E-state index contributed by atoms with van der Waals surface area (Å²) in [6.45, 7) is 2.63. The molecule has 3 amide bonds. The van der Waals surface area contributed by atoms with Gasteiger partial charge in [-0.15, -0.1) is 0 Å². The molecule has 0 aromatic heterocycles. The van der Waals surface area contributed by atoms with Gasteiger partial charge in [-0.1, -0.05) is 66.7 Å². The predicted octanol–water partition coefficient (Wildman–Crippen LogP) is 3.14. The maximum Gasteiger partial charge on any atom is 0.255 e. The van der Waals surface area contributed by atoms with E-state index in [0.717, 1.165) is 25.1 Å². The van der Waals surface area contributed by atoms with Crippen molar-refractivity contribution in [2.75, 3.05) is 31.1 Å². The van der Waals surface area contributed by atoms with E-state index >= 15 is 0 Å². The molecule has 36 heavy (non-hydrogen) atoms. The average Bonchev–Trinajstić information content (AvgIpc) is 3.50. The number of hydrogen-bond donors (Lipinski definition) is 2. The molecule has 7 heteroatoms. The van der Waals surface area contributed by atoms with E-state index in [-0.39, 0.29) is 24.3 Å². The Bertz CT molecular complexity index is 1230. The van der Waals surface area contributed by atoms with E-state index < -0.39 is 6.04 Å². The molecule has 1 saturated heterocycles. The summed E-state index contributed by atoms with van der Waals surface area (Å²) in [5.41, 5.74) is 3.34. The van der Waals surface area contributed by atoms with Crippen LogP contribution in [0.3, 0.4) is 0 Å². The molecule has 1 fully saturated rings. The van der Waals surface area contributed by atoms with Crippen LogP contribution >= 0.6 is 0 Å². The Morgan fingerprint density at radius 1 is 0.861 bits per heavy atom. The van der Waals surface area contributed by atoms with Crippen LogP contribution in [0.15, 0.2) is 84.9 Å². The highest BCUT2D eigenvalue weighted by Crippen LogP contribution is 2.35. The van der Waals surface area contributed by atoms with Crippen molar-refractivity contribution in [3.63, 3.8) is 0 Å². The van der Waals surface area contributed by atoms with Gasteiger partial charge >= 0.3 is 0 Å². The smallest absolute Gasteiger partial charge is 0.255 e. The molecule has 0 radical (unpaired) electrons. The zero-order valence-electron chi connectivity index (χ0n) is 20.1. The molecule has 0 bridgehead atoms. The summed E-state index contributed by atoms with van der Waals surface area (Å²) >= 11 is 0. The predicted molar refractivity (Wildman–Crippen MR) is 138 cm³/mol. The summed E-state index contributed by atoms with van der Waals surface area (Å²) in [5.74, 6) is -0.391. The molecule has 184 valence electrons. The Kier molecular flexibility index (Phi) is 6.98. The zero-order valence-corrected chi connectivity index (χ0v) is 20.1. The molecule has 5 rings (SSSR count). The highest BCUT2D eigenvalue weighted by atomic mass is 16.2. The number of benzene rings is 3. The lowest BCUT2D eigenvalue weighted by molar-refractivity contribution is -0.129. The summed E-state index contributed by atoms with van der Waals surface area (Å²) < 4.78 is 0. The van der Waals surface area contributed by atoms with Crippen LogP contribution in [0, 0.1) is 5.92 Å². The van der Waals surface area contributed by atoms with E-state index in [9.17, 15) is 14.4 Å². The van der Waals surface area contributed by atoms with Crippen LogP contribution in [-0.2, 0) is 16.1 Å². The van der Waals surface area contributed by atoms with Crippen molar-refractivity contribution in [2.45, 2.75) is 19.0 Å². The highest BCUT2D eigenvalue weighted by Gasteiger charge is 2.40. The van der Waals surface area contributed by atoms with Gasteiger partial charge in [0.25, 0.3) is 5.91 Å². The lowest BCUT2D eigenvalue weighted by Gasteiger charge is -2.24. The van der Waals surface area contributed by atoms with Gasteiger partial charge in [0.05, 0.1) is 6.54 Å². The first-order chi connectivity index (χ1) is 17.6. The molecule has 2 aliphatic rings. The van der Waals surface area contributed by atoms with Crippen LogP contribution in [0.25, 0.3) is 0 Å². The Balaban J connectivity index is 1.16. The number of amides is 3. The Hall–Kier alpha value is -4.13. The lowest BCUT2D eigenvalue weighted by Crippen LogP contribution is -2.43. The van der Waals surface area contributed by atoms with Crippen LogP contribution in [0.2, 0.25) is 0 Å². The van der Waals surface area contributed by atoms with Gasteiger partial charge in [-0.05, 0) is 41.7 Å². The molecule has 2 aliphatic heterocycles. The molecule has 2 N–H and O–H groups in total. The van der Waals surface area contributed by atoms with Crippen molar-refractivity contribution in [3.05, 3.63) is 102 Å². The average molecular weight is 483 g/mol. The lowest BCUT2D eigenvalue weighted by atomic mass is 10.0. The second-order valence-electron chi connectivity index (χ2n) is 9.37. The Morgan fingerprint density at radius 2 is 1.56 bits per heavy atom. The van der Waals surface area contributed by atoms with E-state index in [1.54, 1.807) is 23.1 Å². The maximum absolute atomic E-state index is 13.2. The van der Waals surface area contributed by atoms with Gasteiger partial charge in [-0.2, -0.15) is 0 Å². The zero-order chi connectivity index (χ0) is 24.9. The summed E-state index contributed by atoms with van der Waals surface area (Å²) in [4.78, 5) is 42.8. The van der Waals surface area contributed by atoms with Crippen molar-refractivity contribution in [3.8, 4) is 0 Å². The molecule has 0 spiro atoms. The molecule has 2 heterocycles. The quantitative estimate of drug-likeness (QED) is 0.517. The number of hydrogen-bond acceptors (Lipinski definition) is 4. The van der Waals surface area contributed by atoms with E-state index in [1.807, 2.05) is 54.6 Å². The van der Waals surface area contributed by atoms with Gasteiger partial charge in [0.2, 0.25) is 11.8 Å². The van der Waals surface area contributed by atoms with Gasteiger partial charge < -0.3 is 20.4 Å². The Labute approximate surface area is 211 Å². The second-order valence-corrected chi connectivity index (χ2v) is 9.37. The van der Waals surface area contributed by atoms with Gasteiger partial charge in [0, 0.05) is 37.4 Å². The molecule has 2 atom stereocenters. The monoisotopic (exact) mass is 482 g/mol. The van der Waals surface area contributed by atoms with Gasteiger partial charge in [0.1, 0.15) is 6.04 Å². The van der Waals surface area contributed by atoms with Gasteiger partial charge in [0.15, 0.2) is 0 Å². The topological polar surface area (TPSA) is 81.8 Å². The standard InChI is InChI=1S/C29H30N4O3/c34-26(30-17-22-15-16-32(19-22)23-11-5-2-6-12-23)18-31-28(35)27-24-13-7-8-14-25(24)29(36)33(27)20-21-9-3-1-4-10-21/h1-14,22,27H,15-20H2,(H,30,34)(H,31,35)/t22-,27+/m0/s1. The minimum absolute atomic E-state index is 0.125. The molecule has 7 nitrogen and oxygen atoms in total. The number of nitrogens with zero attached hydrogens (tertiary/aromatic N) is 2. The largest absolute Gasteiger partial charge is 0.371 e. The third-order valence-corrected chi connectivity index (χ3v) is 6.92. The SMILES string of the molecule is O=C(CNC(=O)[C@H]1c2ccccc2C(=O)N1Cc1ccccc1)NC[C@@H]1CCN(c2ccccc2)C1. The van der Waals surface area contributed by atoms with E-state index in [2.05, 4.69) is 27.7 Å². The number of carbonyl (C=O) groups excluding carboxylic acids is 3. The van der Waals surface area contributed by atoms with Crippen molar-refractivity contribution in [2.24, 2.45) is 5.92 Å². The maximum atomic E-state index is 13.2. The Morgan fingerprint density at radius 3 is 2.33 bits per heavy atom. The fraction of sp³-hybridized carbons (Fsp3) is 0.276. The summed E-state index contributed by atoms with van der Waals surface area (Å²) in [7, 11) is 0. The van der Waals surface area contributed by atoms with Crippen LogP contribution in [0.1, 0.15) is 33.9 Å². The number of fused-ring (bicyclic) bond motifs is 1. The molecular formula is C29H30N4O3. The van der Waals surface area contributed by atoms with Crippen molar-refractivity contribution >= 4 is 23.4 Å². The molecule has 3 aromatic carbocycles. The van der Waals surface area contributed by atoms with Crippen molar-refractivity contribution in [1.29, 1.82) is 0 Å². The molecule has 0 saturated carbocycles. The summed E-state index contributed by atoms with van der Waals surface area (Å²) in [6, 6.07) is 26.3. The third kappa shape index (κ3) is 5.10. The first-order valence-electron chi connectivity index (χ1n) is 12.4. The van der Waals surface area contributed by atoms with Crippen LogP contribution in [0.4, 0.5) is 5.69 Å². The molecule has 3 aromatic rings. The van der Waals surface area contributed by atoms with E-state index in [0.29, 0.717) is 30.1 Å². The third-order valence-electron chi connectivity index (χ3n) is 6.92. The summed E-state index contributed by atoms with van der Waals surface area (Å²) in [6.07, 6.45) is 1.01. The van der Waals surface area contributed by atoms with E-state index in [4.69, 9.17) is 0 Å². The molecule has 0 aliphatic carbocycles. The number of para-hydroxylation sites is 1. The number of anilines is 1. The van der Waals surface area contributed by atoms with E-state index in [1.165, 1.54) is 5.69 Å². The minimum atomic E-state index is -0.768. The van der Waals surface area contributed by atoms with Crippen LogP contribution < -0.4 is 15.5 Å². The van der Waals surface area contributed by atoms with Crippen molar-refractivity contribution < 1.29 is 14.4 Å². The minimum Gasteiger partial charge on any atom is -0.371 e. The van der Waals surface area contributed by atoms with Gasteiger partial charge in [-0.25, -0.2) is 0 Å². The van der Waals surface area contributed by atoms with Crippen molar-refractivity contribution in [1.82, 2.24) is 15.5 Å². The number of nitrogens with one attached hydrogen (secondary N) is 2. The fourth-order valence-electron chi connectivity index (χ4n) is 5.05. The number of rotatable bonds is 8.